The number of carbonyl (C=O) groups is 2. The van der Waals surface area contributed by atoms with Gasteiger partial charge in [0.1, 0.15) is 0 Å². The second kappa shape index (κ2) is 8.79. The lowest BCUT2D eigenvalue weighted by molar-refractivity contribution is -0.384. The third kappa shape index (κ3) is 5.14. The van der Waals surface area contributed by atoms with Crippen molar-refractivity contribution in [1.29, 1.82) is 0 Å². The van der Waals surface area contributed by atoms with Gasteiger partial charge in [0.2, 0.25) is 0 Å². The molecule has 31 heavy (non-hydrogen) atoms. The minimum Gasteiger partial charge on any atom is -0.322 e. The Labute approximate surface area is 180 Å². The van der Waals surface area contributed by atoms with Crippen LogP contribution in [-0.4, -0.2) is 16.7 Å². The molecule has 0 bridgehead atoms. The molecule has 3 rings (SSSR count). The van der Waals surface area contributed by atoms with E-state index in [9.17, 15) is 19.7 Å². The van der Waals surface area contributed by atoms with E-state index >= 15 is 0 Å². The standard InChI is InChI=1S/C24H23N3O4/c1-14-5-7-21(16(3)9-14)25-23(28)18-11-19(13-20(12-18)27(30)31)24(29)26-22-8-6-15(2)10-17(22)4/h5-13H,1-4H3,(H,25,28)(H,26,29). The molecule has 7 nitrogen and oxygen atoms in total. The van der Waals surface area contributed by atoms with Crippen molar-refractivity contribution in [2.75, 3.05) is 10.6 Å². The van der Waals surface area contributed by atoms with Gasteiger partial charge in [-0.2, -0.15) is 0 Å². The molecule has 2 amide bonds. The Bertz CT molecular complexity index is 1120. The van der Waals surface area contributed by atoms with Gasteiger partial charge in [0.05, 0.1) is 4.92 Å². The van der Waals surface area contributed by atoms with Crippen molar-refractivity contribution in [3.63, 3.8) is 0 Å². The van der Waals surface area contributed by atoms with Gasteiger partial charge in [-0.15, -0.1) is 0 Å². The molecule has 0 radical (unpaired) electrons. The zero-order chi connectivity index (χ0) is 22.7. The Hall–Kier alpha value is -4.00. The fourth-order valence-corrected chi connectivity index (χ4v) is 3.28. The first kappa shape index (κ1) is 21.7. The number of aryl methyl sites for hydroxylation is 4. The smallest absolute Gasteiger partial charge is 0.271 e. The highest BCUT2D eigenvalue weighted by Crippen LogP contribution is 2.23. The second-order valence-corrected chi connectivity index (χ2v) is 7.57. The van der Waals surface area contributed by atoms with Gasteiger partial charge in [-0.05, 0) is 57.0 Å². The Morgan fingerprint density at radius 1 is 0.710 bits per heavy atom. The van der Waals surface area contributed by atoms with Crippen molar-refractivity contribution >= 4 is 28.9 Å². The number of non-ortho nitro benzene ring substituents is 1. The van der Waals surface area contributed by atoms with Gasteiger partial charge in [-0.25, -0.2) is 0 Å². The van der Waals surface area contributed by atoms with E-state index in [-0.39, 0.29) is 16.8 Å². The summed E-state index contributed by atoms with van der Waals surface area (Å²) < 4.78 is 0. The number of nitro groups is 1. The van der Waals surface area contributed by atoms with Gasteiger partial charge in [-0.3, -0.25) is 19.7 Å². The number of hydrogen-bond donors (Lipinski definition) is 2. The van der Waals surface area contributed by atoms with Gasteiger partial charge < -0.3 is 10.6 Å². The zero-order valence-corrected chi connectivity index (χ0v) is 17.8. The maximum absolute atomic E-state index is 12.8. The molecule has 2 N–H and O–H groups in total. The number of nitro benzene ring substituents is 1. The summed E-state index contributed by atoms with van der Waals surface area (Å²) in [5.74, 6) is -1.06. The average molecular weight is 417 g/mol. The van der Waals surface area contributed by atoms with Crippen molar-refractivity contribution in [2.24, 2.45) is 0 Å². The van der Waals surface area contributed by atoms with Gasteiger partial charge in [0.15, 0.2) is 0 Å². The van der Waals surface area contributed by atoms with E-state index in [4.69, 9.17) is 0 Å². The number of anilines is 2. The molecule has 7 heteroatoms. The van der Waals surface area contributed by atoms with Crippen LogP contribution in [-0.2, 0) is 0 Å². The van der Waals surface area contributed by atoms with Gasteiger partial charge in [0.25, 0.3) is 17.5 Å². The zero-order valence-electron chi connectivity index (χ0n) is 17.8. The summed E-state index contributed by atoms with van der Waals surface area (Å²) in [6.07, 6.45) is 0. The number of hydrogen-bond acceptors (Lipinski definition) is 4. The van der Waals surface area contributed by atoms with Crippen LogP contribution in [0, 0.1) is 37.8 Å². The maximum atomic E-state index is 12.8. The molecule has 158 valence electrons. The SMILES string of the molecule is Cc1ccc(NC(=O)c2cc(C(=O)Nc3ccc(C)cc3C)cc([N+](=O)[O-])c2)c(C)c1. The molecule has 0 saturated carbocycles. The third-order valence-electron chi connectivity index (χ3n) is 4.91. The van der Waals surface area contributed by atoms with E-state index in [0.717, 1.165) is 34.4 Å². The van der Waals surface area contributed by atoms with Gasteiger partial charge in [-0.1, -0.05) is 35.4 Å². The monoisotopic (exact) mass is 417 g/mol. The summed E-state index contributed by atoms with van der Waals surface area (Å²) in [6, 6.07) is 14.8. The van der Waals surface area contributed by atoms with Crippen LogP contribution < -0.4 is 10.6 Å². The first-order chi connectivity index (χ1) is 14.6. The molecule has 0 heterocycles. The predicted molar refractivity (Wildman–Crippen MR) is 121 cm³/mol. The van der Waals surface area contributed by atoms with Crippen LogP contribution in [0.2, 0.25) is 0 Å². The number of benzene rings is 3. The Morgan fingerprint density at radius 3 is 1.48 bits per heavy atom. The minimum absolute atomic E-state index is 0.0277. The Kier molecular flexibility index (Phi) is 6.15. The van der Waals surface area contributed by atoms with Crippen LogP contribution in [0.25, 0.3) is 0 Å². The number of amides is 2. The minimum atomic E-state index is -0.623. The van der Waals surface area contributed by atoms with Gasteiger partial charge >= 0.3 is 0 Å². The van der Waals surface area contributed by atoms with Crippen molar-refractivity contribution in [1.82, 2.24) is 0 Å². The molecular weight excluding hydrogens is 394 g/mol. The molecule has 0 unspecified atom stereocenters. The molecule has 0 saturated heterocycles. The van der Waals surface area contributed by atoms with Crippen molar-refractivity contribution in [3.8, 4) is 0 Å². The number of rotatable bonds is 5. The normalized spacial score (nSPS) is 10.5. The van der Waals surface area contributed by atoms with Gasteiger partial charge in [0, 0.05) is 34.6 Å². The fraction of sp³-hybridized carbons (Fsp3) is 0.167. The molecule has 0 aliphatic heterocycles. The topological polar surface area (TPSA) is 101 Å². The molecule has 3 aromatic carbocycles. The largest absolute Gasteiger partial charge is 0.322 e. The summed E-state index contributed by atoms with van der Waals surface area (Å²) in [7, 11) is 0. The molecular formula is C24H23N3O4. The first-order valence-corrected chi connectivity index (χ1v) is 9.71. The van der Waals surface area contributed by atoms with Crippen LogP contribution in [0.3, 0.4) is 0 Å². The lowest BCUT2D eigenvalue weighted by Gasteiger charge is -2.12. The number of carbonyl (C=O) groups excluding carboxylic acids is 2. The van der Waals surface area contributed by atoms with Crippen molar-refractivity contribution in [2.45, 2.75) is 27.7 Å². The Morgan fingerprint density at radius 2 is 1.13 bits per heavy atom. The lowest BCUT2D eigenvalue weighted by Crippen LogP contribution is -2.17. The highest BCUT2D eigenvalue weighted by atomic mass is 16.6. The first-order valence-electron chi connectivity index (χ1n) is 9.71. The van der Waals surface area contributed by atoms with Crippen LogP contribution in [0.15, 0.2) is 54.6 Å². The number of nitrogens with one attached hydrogen (secondary N) is 2. The molecule has 0 fully saturated rings. The highest BCUT2D eigenvalue weighted by molar-refractivity contribution is 6.09. The highest BCUT2D eigenvalue weighted by Gasteiger charge is 2.19. The lowest BCUT2D eigenvalue weighted by atomic mass is 10.1. The van der Waals surface area contributed by atoms with Crippen molar-refractivity contribution < 1.29 is 14.5 Å². The summed E-state index contributed by atoms with van der Waals surface area (Å²) in [5, 5.41) is 16.9. The van der Waals surface area contributed by atoms with Crippen LogP contribution in [0.4, 0.5) is 17.1 Å². The fourth-order valence-electron chi connectivity index (χ4n) is 3.28. The molecule has 0 aromatic heterocycles. The predicted octanol–water partition coefficient (Wildman–Crippen LogP) is 5.33. The third-order valence-corrected chi connectivity index (χ3v) is 4.91. The van der Waals surface area contributed by atoms with E-state index < -0.39 is 16.7 Å². The number of nitrogens with zero attached hydrogens (tertiary/aromatic N) is 1. The van der Waals surface area contributed by atoms with E-state index in [0.29, 0.717) is 11.4 Å². The van der Waals surface area contributed by atoms with Crippen LogP contribution in [0.5, 0.6) is 0 Å². The van der Waals surface area contributed by atoms with E-state index in [1.165, 1.54) is 6.07 Å². The van der Waals surface area contributed by atoms with E-state index in [1.54, 1.807) is 12.1 Å². The molecule has 0 aliphatic rings. The Balaban J connectivity index is 1.92. The summed E-state index contributed by atoms with van der Waals surface area (Å²) in [4.78, 5) is 36.3. The molecule has 0 spiro atoms. The van der Waals surface area contributed by atoms with E-state index in [2.05, 4.69) is 10.6 Å². The summed E-state index contributed by atoms with van der Waals surface area (Å²) in [6.45, 7) is 7.61. The maximum Gasteiger partial charge on any atom is 0.271 e. The second-order valence-electron chi connectivity index (χ2n) is 7.57. The average Bonchev–Trinajstić information content (AvgIpc) is 2.71. The van der Waals surface area contributed by atoms with Crippen molar-refractivity contribution in [3.05, 3.63) is 98.1 Å². The molecule has 0 atom stereocenters. The molecule has 0 aliphatic carbocycles. The van der Waals surface area contributed by atoms with Crippen LogP contribution >= 0.6 is 0 Å². The van der Waals surface area contributed by atoms with Crippen LogP contribution in [0.1, 0.15) is 43.0 Å². The van der Waals surface area contributed by atoms with E-state index in [1.807, 2.05) is 52.0 Å². The quantitative estimate of drug-likeness (QED) is 0.432. The summed E-state index contributed by atoms with van der Waals surface area (Å²) >= 11 is 0. The molecule has 3 aromatic rings. The summed E-state index contributed by atoms with van der Waals surface area (Å²) in [5.41, 5.74) is 4.76.